The van der Waals surface area contributed by atoms with Crippen LogP contribution in [0.25, 0.3) is 0 Å². The average Bonchev–Trinajstić information content (AvgIpc) is 3.16. The Hall–Kier alpha value is -1.24. The lowest BCUT2D eigenvalue weighted by Crippen LogP contribution is -2.11. The average molecular weight is 379 g/mol. The maximum Gasteiger partial charge on any atom is 0.321 e. The summed E-state index contributed by atoms with van der Waals surface area (Å²) in [4.78, 5) is 13.1. The van der Waals surface area contributed by atoms with Gasteiger partial charge < -0.3 is 9.47 Å². The van der Waals surface area contributed by atoms with E-state index in [1.165, 1.54) is 28.8 Å². The second-order valence-electron chi connectivity index (χ2n) is 5.06. The number of thioether (sulfide) groups is 3. The highest BCUT2D eigenvalue weighted by atomic mass is 32.2. The molecule has 1 aliphatic rings. The van der Waals surface area contributed by atoms with E-state index in [0.29, 0.717) is 16.1 Å². The molecular weight excluding hydrogens is 360 g/mol. The number of carbonyl (C=O) groups excluding carboxylic acids is 1. The smallest absolute Gasteiger partial charge is 0.321 e. The Kier molecular flexibility index (Phi) is 6.40. The maximum atomic E-state index is 12.1. The van der Waals surface area contributed by atoms with Crippen LogP contribution >= 0.6 is 35.3 Å². The lowest BCUT2D eigenvalue weighted by Gasteiger charge is -2.13. The maximum absolute atomic E-state index is 12.1. The molecule has 0 radical (unpaired) electrons. The molecule has 0 N–H and O–H groups in total. The Labute approximate surface area is 154 Å². The minimum absolute atomic E-state index is 0.267. The number of hydrogen-bond donors (Lipinski definition) is 0. The number of benzene rings is 2. The molecule has 0 aliphatic carbocycles. The van der Waals surface area contributed by atoms with Gasteiger partial charge in [0.15, 0.2) is 11.5 Å². The highest BCUT2D eigenvalue weighted by Crippen LogP contribution is 2.46. The first kappa shape index (κ1) is 17.6. The van der Waals surface area contributed by atoms with Gasteiger partial charge in [-0.1, -0.05) is 24.3 Å². The summed E-state index contributed by atoms with van der Waals surface area (Å²) in [5.74, 6) is 3.42. The van der Waals surface area contributed by atoms with Crippen molar-refractivity contribution in [1.82, 2.24) is 0 Å². The molecule has 0 aromatic heterocycles. The van der Waals surface area contributed by atoms with E-state index in [-0.39, 0.29) is 11.7 Å². The molecule has 24 heavy (non-hydrogen) atoms. The van der Waals surface area contributed by atoms with Crippen LogP contribution in [0, 0.1) is 0 Å². The first-order valence-corrected chi connectivity index (χ1v) is 10.6. The third-order valence-corrected chi connectivity index (χ3v) is 7.50. The fourth-order valence-corrected chi connectivity index (χ4v) is 5.81. The molecule has 0 amide bonds. The van der Waals surface area contributed by atoms with Crippen LogP contribution in [0.15, 0.2) is 53.4 Å². The van der Waals surface area contributed by atoms with Crippen LogP contribution in [-0.2, 0) is 4.79 Å². The largest absolute Gasteiger partial charge is 0.493 e. The van der Waals surface area contributed by atoms with E-state index in [1.807, 2.05) is 72.1 Å². The van der Waals surface area contributed by atoms with Crippen molar-refractivity contribution in [3.05, 3.63) is 54.1 Å². The van der Waals surface area contributed by atoms with Gasteiger partial charge in [-0.05, 0) is 29.8 Å². The Morgan fingerprint density at radius 2 is 1.88 bits per heavy atom. The van der Waals surface area contributed by atoms with E-state index >= 15 is 0 Å². The molecule has 2 aromatic carbocycles. The van der Waals surface area contributed by atoms with Crippen LogP contribution in [0.4, 0.5) is 0 Å². The number of ether oxygens (including phenoxy) is 2. The van der Waals surface area contributed by atoms with Gasteiger partial charge in [0.2, 0.25) is 0 Å². The topological polar surface area (TPSA) is 35.5 Å². The fourth-order valence-electron chi connectivity index (χ4n) is 2.28. The number of rotatable bonds is 6. The van der Waals surface area contributed by atoms with Crippen molar-refractivity contribution in [1.29, 1.82) is 0 Å². The molecule has 0 bridgehead atoms. The lowest BCUT2D eigenvalue weighted by molar-refractivity contribution is -0.131. The van der Waals surface area contributed by atoms with Gasteiger partial charge in [-0.3, -0.25) is 4.79 Å². The number of esters is 1. The molecule has 3 rings (SSSR count). The first-order chi connectivity index (χ1) is 11.8. The third kappa shape index (κ3) is 4.65. The molecule has 1 aliphatic heterocycles. The second kappa shape index (κ2) is 8.74. The van der Waals surface area contributed by atoms with Crippen LogP contribution in [0.1, 0.15) is 10.1 Å². The van der Waals surface area contributed by atoms with Gasteiger partial charge in [-0.15, -0.1) is 35.3 Å². The van der Waals surface area contributed by atoms with E-state index in [0.717, 1.165) is 4.90 Å². The molecule has 1 fully saturated rings. The summed E-state index contributed by atoms with van der Waals surface area (Å²) in [6, 6.07) is 15.6. The van der Waals surface area contributed by atoms with Crippen molar-refractivity contribution in [2.75, 3.05) is 24.4 Å². The van der Waals surface area contributed by atoms with Gasteiger partial charge >= 0.3 is 5.97 Å². The quantitative estimate of drug-likeness (QED) is 0.405. The van der Waals surface area contributed by atoms with Crippen molar-refractivity contribution in [2.45, 2.75) is 9.48 Å². The highest BCUT2D eigenvalue weighted by Gasteiger charge is 2.20. The number of methoxy groups -OCH3 is 1. The van der Waals surface area contributed by atoms with Crippen molar-refractivity contribution < 1.29 is 14.3 Å². The fraction of sp³-hybridized carbons (Fsp3) is 0.278. The monoisotopic (exact) mass is 378 g/mol. The molecule has 0 spiro atoms. The SMILES string of the molecule is COc1cc(C2SCCS2)ccc1OC(=O)CSc1ccccc1. The number of hydrogen-bond acceptors (Lipinski definition) is 6. The van der Waals surface area contributed by atoms with Gasteiger partial charge in [0.1, 0.15) is 0 Å². The molecule has 2 aromatic rings. The first-order valence-electron chi connectivity index (χ1n) is 7.56. The Balaban J connectivity index is 1.62. The molecule has 1 heterocycles. The van der Waals surface area contributed by atoms with Crippen molar-refractivity contribution in [2.24, 2.45) is 0 Å². The Bertz CT molecular complexity index is 685. The van der Waals surface area contributed by atoms with Crippen LogP contribution in [0.2, 0.25) is 0 Å². The zero-order valence-corrected chi connectivity index (χ0v) is 15.7. The standard InChI is InChI=1S/C18H18O3S3/c1-20-16-11-13(18-22-9-10-23-18)7-8-15(16)21-17(19)12-24-14-5-3-2-4-6-14/h2-8,11,18H,9-10,12H2,1H3. The van der Waals surface area contributed by atoms with Crippen molar-refractivity contribution in [3.63, 3.8) is 0 Å². The molecule has 0 saturated carbocycles. The van der Waals surface area contributed by atoms with Gasteiger partial charge in [0.25, 0.3) is 0 Å². The predicted octanol–water partition coefficient (Wildman–Crippen LogP) is 4.87. The number of carbonyl (C=O) groups is 1. The van der Waals surface area contributed by atoms with E-state index in [4.69, 9.17) is 9.47 Å². The summed E-state index contributed by atoms with van der Waals surface area (Å²) in [7, 11) is 1.60. The summed E-state index contributed by atoms with van der Waals surface area (Å²) in [5, 5.41) is 0. The van der Waals surface area contributed by atoms with Crippen LogP contribution < -0.4 is 9.47 Å². The van der Waals surface area contributed by atoms with E-state index < -0.39 is 0 Å². The molecular formula is C18H18O3S3. The highest BCUT2D eigenvalue weighted by molar-refractivity contribution is 8.19. The minimum Gasteiger partial charge on any atom is -0.493 e. The zero-order chi connectivity index (χ0) is 16.8. The van der Waals surface area contributed by atoms with E-state index in [1.54, 1.807) is 7.11 Å². The Morgan fingerprint density at radius 1 is 1.12 bits per heavy atom. The summed E-state index contributed by atoms with van der Waals surface area (Å²) >= 11 is 5.34. The molecule has 6 heteroatoms. The van der Waals surface area contributed by atoms with Crippen LogP contribution in [0.5, 0.6) is 11.5 Å². The van der Waals surface area contributed by atoms with Gasteiger partial charge in [-0.25, -0.2) is 0 Å². The summed E-state index contributed by atoms with van der Waals surface area (Å²) in [5.41, 5.74) is 1.21. The summed E-state index contributed by atoms with van der Waals surface area (Å²) in [6.07, 6.45) is 0. The third-order valence-electron chi connectivity index (χ3n) is 3.41. The van der Waals surface area contributed by atoms with Crippen molar-refractivity contribution in [3.8, 4) is 11.5 Å². The second-order valence-corrected chi connectivity index (χ2v) is 8.83. The van der Waals surface area contributed by atoms with Crippen LogP contribution in [0.3, 0.4) is 0 Å². The molecule has 0 atom stereocenters. The molecule has 126 valence electrons. The van der Waals surface area contributed by atoms with Gasteiger partial charge in [0, 0.05) is 16.4 Å². The normalized spacial score (nSPS) is 14.5. The van der Waals surface area contributed by atoms with E-state index in [2.05, 4.69) is 0 Å². The molecule has 1 saturated heterocycles. The predicted molar refractivity (Wildman–Crippen MR) is 103 cm³/mol. The van der Waals surface area contributed by atoms with Crippen molar-refractivity contribution >= 4 is 41.3 Å². The summed E-state index contributed by atoms with van der Waals surface area (Å²) in [6.45, 7) is 0. The zero-order valence-electron chi connectivity index (χ0n) is 13.3. The van der Waals surface area contributed by atoms with Gasteiger partial charge in [-0.2, -0.15) is 0 Å². The van der Waals surface area contributed by atoms with E-state index in [9.17, 15) is 4.79 Å². The lowest BCUT2D eigenvalue weighted by atomic mass is 10.2. The Morgan fingerprint density at radius 3 is 2.58 bits per heavy atom. The van der Waals surface area contributed by atoms with Crippen LogP contribution in [-0.4, -0.2) is 30.3 Å². The molecule has 3 nitrogen and oxygen atoms in total. The van der Waals surface area contributed by atoms with Gasteiger partial charge in [0.05, 0.1) is 17.4 Å². The molecule has 0 unspecified atom stereocenters. The minimum atomic E-state index is -0.278. The summed E-state index contributed by atoms with van der Waals surface area (Å²) < 4.78 is 11.3.